The molecule has 0 atom stereocenters. The number of nitrogens with one attached hydrogen (secondary N) is 1. The second-order valence-corrected chi connectivity index (χ2v) is 4.58. The molecule has 20 heavy (non-hydrogen) atoms. The summed E-state index contributed by atoms with van der Waals surface area (Å²) in [6, 6.07) is 9.03. The molecule has 1 amide bonds. The molecule has 2 aromatic rings. The molecular formula is C15H16N4O. The van der Waals surface area contributed by atoms with Crippen LogP contribution in [0.15, 0.2) is 24.3 Å². The van der Waals surface area contributed by atoms with Gasteiger partial charge in [0.15, 0.2) is 0 Å². The predicted octanol–water partition coefficient (Wildman–Crippen LogP) is 2.64. The van der Waals surface area contributed by atoms with Gasteiger partial charge in [0.25, 0.3) is 5.91 Å². The van der Waals surface area contributed by atoms with E-state index in [1.807, 2.05) is 26.8 Å². The summed E-state index contributed by atoms with van der Waals surface area (Å²) in [6.07, 6.45) is 0. The number of aromatic nitrogens is 2. The Morgan fingerprint density at radius 2 is 2.15 bits per heavy atom. The molecule has 1 aromatic carbocycles. The molecule has 1 heterocycles. The van der Waals surface area contributed by atoms with Gasteiger partial charge in [-0.3, -0.25) is 9.48 Å². The van der Waals surface area contributed by atoms with Crippen LogP contribution in [0.3, 0.4) is 0 Å². The maximum atomic E-state index is 12.3. The lowest BCUT2D eigenvalue weighted by atomic mass is 10.1. The van der Waals surface area contributed by atoms with Crippen LogP contribution < -0.4 is 5.32 Å². The van der Waals surface area contributed by atoms with Gasteiger partial charge in [-0.25, -0.2) is 0 Å². The van der Waals surface area contributed by atoms with Gasteiger partial charge in [-0.15, -0.1) is 0 Å². The number of hydrogen-bond acceptors (Lipinski definition) is 3. The van der Waals surface area contributed by atoms with E-state index in [1.165, 1.54) is 0 Å². The van der Waals surface area contributed by atoms with Crippen LogP contribution in [0.5, 0.6) is 0 Å². The molecule has 0 aliphatic heterocycles. The van der Waals surface area contributed by atoms with Crippen LogP contribution in [0.4, 0.5) is 5.69 Å². The normalized spacial score (nSPS) is 10.1. The van der Waals surface area contributed by atoms with Crippen molar-refractivity contribution in [3.8, 4) is 6.07 Å². The number of nitriles is 1. The highest BCUT2D eigenvalue weighted by molar-refractivity contribution is 6.03. The smallest absolute Gasteiger partial charge is 0.273 e. The molecule has 5 nitrogen and oxygen atoms in total. The molecule has 0 aliphatic rings. The maximum absolute atomic E-state index is 12.3. The molecule has 0 radical (unpaired) electrons. The summed E-state index contributed by atoms with van der Waals surface area (Å²) in [6.45, 7) is 6.31. The van der Waals surface area contributed by atoms with E-state index in [2.05, 4.69) is 16.5 Å². The van der Waals surface area contributed by atoms with Gasteiger partial charge in [0.1, 0.15) is 5.69 Å². The van der Waals surface area contributed by atoms with Crippen LogP contribution >= 0.6 is 0 Å². The molecule has 0 aliphatic carbocycles. The van der Waals surface area contributed by atoms with E-state index in [-0.39, 0.29) is 5.91 Å². The first-order valence-electron chi connectivity index (χ1n) is 6.41. The van der Waals surface area contributed by atoms with Crippen molar-refractivity contribution in [2.45, 2.75) is 27.3 Å². The van der Waals surface area contributed by atoms with Crippen LogP contribution in [-0.4, -0.2) is 15.7 Å². The summed E-state index contributed by atoms with van der Waals surface area (Å²) in [4.78, 5) is 12.3. The molecule has 2 rings (SSSR count). The summed E-state index contributed by atoms with van der Waals surface area (Å²) in [5.41, 5.74) is 3.41. The highest BCUT2D eigenvalue weighted by Gasteiger charge is 2.14. The first-order valence-corrected chi connectivity index (χ1v) is 6.41. The second kappa shape index (κ2) is 5.57. The van der Waals surface area contributed by atoms with Gasteiger partial charge in [0, 0.05) is 12.2 Å². The molecule has 0 saturated carbocycles. The van der Waals surface area contributed by atoms with Crippen molar-refractivity contribution >= 4 is 11.6 Å². The SMILES string of the molecule is CCn1nc(C)cc1C(=O)Nc1cc(C#N)ccc1C. The van der Waals surface area contributed by atoms with Crippen molar-refractivity contribution in [3.05, 3.63) is 46.8 Å². The average molecular weight is 268 g/mol. The fourth-order valence-corrected chi connectivity index (χ4v) is 1.98. The summed E-state index contributed by atoms with van der Waals surface area (Å²) in [5, 5.41) is 16.0. The van der Waals surface area contributed by atoms with Crippen LogP contribution in [-0.2, 0) is 6.54 Å². The molecule has 0 saturated heterocycles. The van der Waals surface area contributed by atoms with Crippen molar-refractivity contribution in [2.75, 3.05) is 5.32 Å². The molecule has 1 aromatic heterocycles. The number of carbonyl (C=O) groups is 1. The Labute approximate surface area is 117 Å². The van der Waals surface area contributed by atoms with Crippen molar-refractivity contribution in [1.29, 1.82) is 5.26 Å². The van der Waals surface area contributed by atoms with Crippen LogP contribution in [0, 0.1) is 25.2 Å². The van der Waals surface area contributed by atoms with E-state index < -0.39 is 0 Å². The second-order valence-electron chi connectivity index (χ2n) is 4.58. The first kappa shape index (κ1) is 13.8. The quantitative estimate of drug-likeness (QED) is 0.930. The third kappa shape index (κ3) is 2.69. The lowest BCUT2D eigenvalue weighted by molar-refractivity contribution is 0.101. The fourth-order valence-electron chi connectivity index (χ4n) is 1.98. The Morgan fingerprint density at radius 3 is 2.80 bits per heavy atom. The highest BCUT2D eigenvalue weighted by atomic mass is 16.2. The minimum absolute atomic E-state index is 0.217. The van der Waals surface area contributed by atoms with Crippen molar-refractivity contribution in [3.63, 3.8) is 0 Å². The molecule has 5 heteroatoms. The molecule has 0 fully saturated rings. The Bertz CT molecular complexity index is 694. The van der Waals surface area contributed by atoms with Gasteiger partial charge in [-0.05, 0) is 44.5 Å². The average Bonchev–Trinajstić information content (AvgIpc) is 2.82. The zero-order chi connectivity index (χ0) is 14.7. The van der Waals surface area contributed by atoms with E-state index in [0.29, 0.717) is 23.5 Å². The molecular weight excluding hydrogens is 252 g/mol. The molecule has 0 spiro atoms. The van der Waals surface area contributed by atoms with E-state index in [9.17, 15) is 4.79 Å². The zero-order valence-corrected chi connectivity index (χ0v) is 11.8. The van der Waals surface area contributed by atoms with Crippen molar-refractivity contribution in [1.82, 2.24) is 9.78 Å². The number of nitrogens with zero attached hydrogens (tertiary/aromatic N) is 3. The van der Waals surface area contributed by atoms with Crippen LogP contribution in [0.25, 0.3) is 0 Å². The van der Waals surface area contributed by atoms with Gasteiger partial charge >= 0.3 is 0 Å². The monoisotopic (exact) mass is 268 g/mol. The number of hydrogen-bond donors (Lipinski definition) is 1. The first-order chi connectivity index (χ1) is 9.55. The summed E-state index contributed by atoms with van der Waals surface area (Å²) in [5.74, 6) is -0.217. The van der Waals surface area contributed by atoms with Crippen molar-refractivity contribution < 1.29 is 4.79 Å². The lowest BCUT2D eigenvalue weighted by Gasteiger charge is -2.09. The largest absolute Gasteiger partial charge is 0.320 e. The number of rotatable bonds is 3. The molecule has 0 bridgehead atoms. The molecule has 102 valence electrons. The van der Waals surface area contributed by atoms with E-state index in [0.717, 1.165) is 11.3 Å². The third-order valence-electron chi connectivity index (χ3n) is 3.05. The standard InChI is InChI=1S/C15H16N4O/c1-4-19-14(7-11(3)18-19)15(20)17-13-8-12(9-16)6-5-10(13)2/h5-8H,4H2,1-3H3,(H,17,20). The van der Waals surface area contributed by atoms with E-state index in [1.54, 1.807) is 22.9 Å². The Kier molecular flexibility index (Phi) is 3.85. The molecule has 0 unspecified atom stereocenters. The topological polar surface area (TPSA) is 70.7 Å². The number of aryl methyl sites for hydroxylation is 3. The van der Waals surface area contributed by atoms with Gasteiger partial charge < -0.3 is 5.32 Å². The van der Waals surface area contributed by atoms with Gasteiger partial charge in [0.05, 0.1) is 17.3 Å². The van der Waals surface area contributed by atoms with Gasteiger partial charge in [-0.1, -0.05) is 6.07 Å². The maximum Gasteiger partial charge on any atom is 0.273 e. The minimum atomic E-state index is -0.217. The zero-order valence-electron chi connectivity index (χ0n) is 11.8. The van der Waals surface area contributed by atoms with Gasteiger partial charge in [-0.2, -0.15) is 10.4 Å². The predicted molar refractivity (Wildman–Crippen MR) is 76.5 cm³/mol. The van der Waals surface area contributed by atoms with E-state index >= 15 is 0 Å². The summed E-state index contributed by atoms with van der Waals surface area (Å²) in [7, 11) is 0. The van der Waals surface area contributed by atoms with Crippen molar-refractivity contribution in [2.24, 2.45) is 0 Å². The molecule has 1 N–H and O–H groups in total. The number of amides is 1. The lowest BCUT2D eigenvalue weighted by Crippen LogP contribution is -2.18. The van der Waals surface area contributed by atoms with Gasteiger partial charge in [0.2, 0.25) is 0 Å². The Morgan fingerprint density at radius 1 is 1.40 bits per heavy atom. The fraction of sp³-hybridized carbons (Fsp3) is 0.267. The number of carbonyl (C=O) groups excluding carboxylic acids is 1. The summed E-state index contributed by atoms with van der Waals surface area (Å²) >= 11 is 0. The van der Waals surface area contributed by atoms with Crippen LogP contribution in [0.2, 0.25) is 0 Å². The highest BCUT2D eigenvalue weighted by Crippen LogP contribution is 2.17. The summed E-state index contributed by atoms with van der Waals surface area (Å²) < 4.78 is 1.66. The van der Waals surface area contributed by atoms with E-state index in [4.69, 9.17) is 5.26 Å². The number of anilines is 1. The Balaban J connectivity index is 2.30. The Hall–Kier alpha value is -2.61. The van der Waals surface area contributed by atoms with Crippen LogP contribution in [0.1, 0.15) is 34.2 Å². The number of benzene rings is 1. The minimum Gasteiger partial charge on any atom is -0.320 e. The third-order valence-corrected chi connectivity index (χ3v) is 3.05.